The molecule has 1 unspecified atom stereocenters. The van der Waals surface area contributed by atoms with E-state index in [0.717, 1.165) is 58.8 Å². The Labute approximate surface area is 168 Å². The Hall–Kier alpha value is -1.99. The molecule has 1 aromatic heterocycles. The molecule has 1 fully saturated rings. The molecule has 4 rings (SSSR count). The number of amides is 1. The molecule has 0 radical (unpaired) electrons. The van der Waals surface area contributed by atoms with Crippen molar-refractivity contribution in [3.8, 4) is 0 Å². The first-order valence-corrected chi connectivity index (χ1v) is 10.8. The predicted octanol–water partition coefficient (Wildman–Crippen LogP) is 4.81. The van der Waals surface area contributed by atoms with E-state index in [1.807, 2.05) is 18.2 Å². The summed E-state index contributed by atoms with van der Waals surface area (Å²) in [5.41, 5.74) is 2.62. The van der Waals surface area contributed by atoms with Crippen LogP contribution in [0.1, 0.15) is 42.7 Å². The van der Waals surface area contributed by atoms with Gasteiger partial charge in [0.05, 0.1) is 20.9 Å². The summed E-state index contributed by atoms with van der Waals surface area (Å²) in [4.78, 5) is 20.2. The van der Waals surface area contributed by atoms with Crippen LogP contribution < -0.4 is 0 Å². The first-order valence-electron chi connectivity index (χ1n) is 9.95. The molecule has 1 saturated heterocycles. The molecular weight excluding hydrogens is 377 g/mol. The highest BCUT2D eigenvalue weighted by Gasteiger charge is 2.26. The monoisotopic (exact) mass is 403 g/mol. The van der Waals surface area contributed by atoms with Crippen LogP contribution in [0.4, 0.5) is 9.18 Å². The number of benzene rings is 1. The van der Waals surface area contributed by atoms with Crippen molar-refractivity contribution in [1.29, 1.82) is 0 Å². The highest BCUT2D eigenvalue weighted by Crippen LogP contribution is 2.36. The Kier molecular flexibility index (Phi) is 5.64. The van der Waals surface area contributed by atoms with E-state index in [1.54, 1.807) is 11.3 Å². The normalized spacial score (nSPS) is 21.9. The summed E-state index contributed by atoms with van der Waals surface area (Å²) in [5.74, 6) is 0.764. The Balaban J connectivity index is 1.56. The zero-order chi connectivity index (χ0) is 19.7. The zero-order valence-corrected chi connectivity index (χ0v) is 16.9. The second-order valence-corrected chi connectivity index (χ2v) is 8.93. The van der Waals surface area contributed by atoms with Crippen LogP contribution in [0.25, 0.3) is 15.9 Å². The van der Waals surface area contributed by atoms with Gasteiger partial charge in [-0.05, 0) is 50.4 Å². The standard InChI is InChI=1S/C21H26FN3O2S/c1-14-2-4-18(25(13-14)21(26)27)16-3-5-19-17(12-16)23-20(28-19)15-6-9-24(10-7-15)11-8-22/h3-5,12,14-15H,2,6-11,13H2,1H3,(H,26,27). The molecule has 3 heterocycles. The van der Waals surface area contributed by atoms with Gasteiger partial charge in [0.1, 0.15) is 6.67 Å². The van der Waals surface area contributed by atoms with E-state index < -0.39 is 6.09 Å². The van der Waals surface area contributed by atoms with Crippen molar-refractivity contribution in [2.45, 2.75) is 32.1 Å². The maximum atomic E-state index is 12.5. The largest absolute Gasteiger partial charge is 0.465 e. The summed E-state index contributed by atoms with van der Waals surface area (Å²) in [6.45, 7) is 4.69. The Morgan fingerprint density at radius 3 is 2.86 bits per heavy atom. The van der Waals surface area contributed by atoms with E-state index in [9.17, 15) is 14.3 Å². The van der Waals surface area contributed by atoms with Crippen LogP contribution in [0.5, 0.6) is 0 Å². The summed E-state index contributed by atoms with van der Waals surface area (Å²) in [5, 5.41) is 10.7. The lowest BCUT2D eigenvalue weighted by Gasteiger charge is -2.30. The zero-order valence-electron chi connectivity index (χ0n) is 16.1. The number of hydrogen-bond acceptors (Lipinski definition) is 4. The maximum absolute atomic E-state index is 12.5. The van der Waals surface area contributed by atoms with Crippen LogP contribution in [0.3, 0.4) is 0 Å². The van der Waals surface area contributed by atoms with Gasteiger partial charge in [0, 0.05) is 24.6 Å². The average molecular weight is 404 g/mol. The third kappa shape index (κ3) is 3.91. The number of nitrogens with zero attached hydrogens (tertiary/aromatic N) is 3. The van der Waals surface area contributed by atoms with Crippen LogP contribution in [-0.2, 0) is 0 Å². The number of allylic oxidation sites excluding steroid dienone is 1. The SMILES string of the molecule is CC1CC=C(c2ccc3sc(C4CCN(CCF)CC4)nc3c2)N(C(=O)O)C1. The molecule has 1 N–H and O–H groups in total. The van der Waals surface area contributed by atoms with Gasteiger partial charge >= 0.3 is 6.09 Å². The lowest BCUT2D eigenvalue weighted by molar-refractivity contribution is 0.159. The topological polar surface area (TPSA) is 56.7 Å². The molecule has 0 spiro atoms. The van der Waals surface area contributed by atoms with Crippen molar-refractivity contribution in [1.82, 2.24) is 14.8 Å². The van der Waals surface area contributed by atoms with Crippen LogP contribution in [-0.4, -0.2) is 58.8 Å². The number of aromatic nitrogens is 1. The van der Waals surface area contributed by atoms with Crippen molar-refractivity contribution in [3.05, 3.63) is 34.8 Å². The molecule has 1 atom stereocenters. The van der Waals surface area contributed by atoms with Gasteiger partial charge in [-0.25, -0.2) is 14.2 Å². The van der Waals surface area contributed by atoms with Crippen molar-refractivity contribution in [2.75, 3.05) is 32.9 Å². The summed E-state index contributed by atoms with van der Waals surface area (Å²) >= 11 is 1.73. The molecular formula is C21H26FN3O2S. The predicted molar refractivity (Wildman–Crippen MR) is 110 cm³/mol. The van der Waals surface area contributed by atoms with Gasteiger partial charge < -0.3 is 10.0 Å². The molecule has 2 aromatic rings. The second kappa shape index (κ2) is 8.17. The molecule has 28 heavy (non-hydrogen) atoms. The molecule has 1 amide bonds. The van der Waals surface area contributed by atoms with Gasteiger partial charge in [-0.1, -0.05) is 19.1 Å². The summed E-state index contributed by atoms with van der Waals surface area (Å²) < 4.78 is 13.7. The van der Waals surface area contributed by atoms with Gasteiger partial charge in [0.15, 0.2) is 0 Å². The number of carbonyl (C=O) groups is 1. The van der Waals surface area contributed by atoms with Gasteiger partial charge in [0.25, 0.3) is 0 Å². The van der Waals surface area contributed by atoms with E-state index in [0.29, 0.717) is 24.9 Å². The summed E-state index contributed by atoms with van der Waals surface area (Å²) in [7, 11) is 0. The molecule has 5 nitrogen and oxygen atoms in total. The minimum Gasteiger partial charge on any atom is -0.465 e. The van der Waals surface area contributed by atoms with Crippen LogP contribution >= 0.6 is 11.3 Å². The Morgan fingerprint density at radius 1 is 1.36 bits per heavy atom. The van der Waals surface area contributed by atoms with E-state index in [1.165, 1.54) is 4.90 Å². The Bertz CT molecular complexity index is 889. The molecule has 0 bridgehead atoms. The first-order chi connectivity index (χ1) is 13.5. The fourth-order valence-corrected chi connectivity index (χ4v) is 5.28. The van der Waals surface area contributed by atoms with E-state index in [-0.39, 0.29) is 6.67 Å². The fraction of sp³-hybridized carbons (Fsp3) is 0.524. The lowest BCUT2D eigenvalue weighted by Crippen LogP contribution is -2.34. The fourth-order valence-electron chi connectivity index (χ4n) is 4.16. The molecule has 2 aliphatic heterocycles. The third-order valence-corrected chi connectivity index (χ3v) is 6.97. The van der Waals surface area contributed by atoms with Crippen molar-refractivity contribution < 1.29 is 14.3 Å². The smallest absolute Gasteiger partial charge is 0.411 e. The average Bonchev–Trinajstić information content (AvgIpc) is 3.12. The number of carboxylic acid groups (broad SMARTS) is 1. The molecule has 1 aromatic carbocycles. The highest BCUT2D eigenvalue weighted by molar-refractivity contribution is 7.18. The number of rotatable bonds is 4. The van der Waals surface area contributed by atoms with Crippen LogP contribution in [0, 0.1) is 5.92 Å². The molecule has 150 valence electrons. The van der Waals surface area contributed by atoms with Gasteiger partial charge in [-0.2, -0.15) is 0 Å². The van der Waals surface area contributed by atoms with Gasteiger partial charge in [-0.3, -0.25) is 4.90 Å². The third-order valence-electron chi connectivity index (χ3n) is 5.77. The number of thiazole rings is 1. The van der Waals surface area contributed by atoms with Crippen molar-refractivity contribution in [2.24, 2.45) is 5.92 Å². The summed E-state index contributed by atoms with van der Waals surface area (Å²) in [6, 6.07) is 6.08. The van der Waals surface area contributed by atoms with E-state index >= 15 is 0 Å². The molecule has 2 aliphatic rings. The maximum Gasteiger partial charge on any atom is 0.411 e. The van der Waals surface area contributed by atoms with Gasteiger partial charge in [-0.15, -0.1) is 11.3 Å². The minimum absolute atomic E-state index is 0.281. The van der Waals surface area contributed by atoms with Crippen LogP contribution in [0.15, 0.2) is 24.3 Å². The highest BCUT2D eigenvalue weighted by atomic mass is 32.1. The quantitative estimate of drug-likeness (QED) is 0.796. The second-order valence-electron chi connectivity index (χ2n) is 7.86. The number of piperidine rings is 1. The molecule has 0 aliphatic carbocycles. The number of fused-ring (bicyclic) bond motifs is 1. The lowest BCUT2D eigenvalue weighted by atomic mass is 9.97. The van der Waals surface area contributed by atoms with E-state index in [4.69, 9.17) is 4.98 Å². The number of likely N-dealkylation sites (tertiary alicyclic amines) is 1. The first kappa shape index (κ1) is 19.3. The Morgan fingerprint density at radius 2 is 2.14 bits per heavy atom. The van der Waals surface area contributed by atoms with Crippen LogP contribution in [0.2, 0.25) is 0 Å². The van der Waals surface area contributed by atoms with Crippen molar-refractivity contribution in [3.63, 3.8) is 0 Å². The number of alkyl halides is 1. The number of halogens is 1. The number of hydrogen-bond donors (Lipinski definition) is 1. The minimum atomic E-state index is -0.906. The molecule has 0 saturated carbocycles. The summed E-state index contributed by atoms with van der Waals surface area (Å²) in [6.07, 6.45) is 4.04. The van der Waals surface area contributed by atoms with Gasteiger partial charge in [0.2, 0.25) is 0 Å². The van der Waals surface area contributed by atoms with Crippen molar-refractivity contribution >= 4 is 33.3 Å². The van der Waals surface area contributed by atoms with E-state index in [2.05, 4.69) is 17.9 Å². The molecule has 7 heteroatoms.